The van der Waals surface area contributed by atoms with Gasteiger partial charge >= 0.3 is 0 Å². The summed E-state index contributed by atoms with van der Waals surface area (Å²) in [7, 11) is 3.71. The number of rotatable bonds is 22. The molecule has 23 heteroatoms. The molecular formula is C33H56N6O16S. The van der Waals surface area contributed by atoms with Crippen molar-refractivity contribution in [2.45, 2.75) is 116 Å². The summed E-state index contributed by atoms with van der Waals surface area (Å²) in [5, 5.41) is 59.2. The largest absolute Gasteiger partial charge is 0.691 e. The SMILES string of the molecule is C[C@H](CCC(=O)NCCC[N+](C)(C)CC(CSOO[O-])O[N+](=O)[O-])[C@H]1CC[C@H]2[C@@]3(C)[C@H](C[C@H](O[N+](=O)[O-])[C@@]21C)[C@@]1(C)CC[C@@H](O[N+](=O)[O-])C[C@H]1C[C@H]3O[N+](=O)[O-]. The minimum atomic E-state index is -0.907. The highest BCUT2D eigenvalue weighted by Crippen LogP contribution is 2.74. The quantitative estimate of drug-likeness (QED) is 0.0409. The number of likely N-dealkylation sites (N-methyl/N-ethyl adjacent to an activating group) is 1. The van der Waals surface area contributed by atoms with Crippen LogP contribution in [0.5, 0.6) is 0 Å². The van der Waals surface area contributed by atoms with Crippen LogP contribution in [0.3, 0.4) is 0 Å². The van der Waals surface area contributed by atoms with Crippen LogP contribution in [0, 0.1) is 86.3 Å². The summed E-state index contributed by atoms with van der Waals surface area (Å²) < 4.78 is 4.53. The van der Waals surface area contributed by atoms with Crippen LogP contribution in [-0.4, -0.2) is 94.6 Å². The summed E-state index contributed by atoms with van der Waals surface area (Å²) in [4.78, 5) is 79.9. The normalized spacial score (nSPS) is 34.7. The van der Waals surface area contributed by atoms with Crippen LogP contribution in [0.2, 0.25) is 0 Å². The second-order valence-electron chi connectivity index (χ2n) is 17.5. The lowest BCUT2D eigenvalue weighted by molar-refractivity contribution is -0.902. The van der Waals surface area contributed by atoms with Crippen molar-refractivity contribution < 1.29 is 63.6 Å². The molecule has 0 bridgehead atoms. The molecule has 0 heterocycles. The fraction of sp³-hybridized carbons (Fsp3) is 0.970. The summed E-state index contributed by atoms with van der Waals surface area (Å²) in [5.41, 5.74) is -2.01. The Bertz CT molecular complexity index is 1430. The molecule has 1 unspecified atom stereocenters. The van der Waals surface area contributed by atoms with Gasteiger partial charge in [0.15, 0.2) is 6.10 Å². The first-order chi connectivity index (χ1) is 26.2. The van der Waals surface area contributed by atoms with Crippen molar-refractivity contribution in [2.24, 2.45) is 45.8 Å². The van der Waals surface area contributed by atoms with Crippen LogP contribution < -0.4 is 10.6 Å². The summed E-state index contributed by atoms with van der Waals surface area (Å²) in [6.45, 7) is 9.26. The van der Waals surface area contributed by atoms with Gasteiger partial charge in [-0.2, -0.15) is 4.33 Å². The number of nitrogens with zero attached hydrogens (tertiary/aromatic N) is 5. The van der Waals surface area contributed by atoms with Crippen molar-refractivity contribution >= 4 is 17.9 Å². The number of amides is 1. The van der Waals surface area contributed by atoms with E-state index in [1.54, 1.807) is 0 Å². The van der Waals surface area contributed by atoms with Crippen LogP contribution in [0.25, 0.3) is 0 Å². The Kier molecular flexibility index (Phi) is 14.8. The molecule has 0 saturated heterocycles. The van der Waals surface area contributed by atoms with Crippen molar-refractivity contribution in [3.63, 3.8) is 0 Å². The minimum absolute atomic E-state index is 0.0174. The zero-order chi connectivity index (χ0) is 41.6. The van der Waals surface area contributed by atoms with Gasteiger partial charge in [0.2, 0.25) is 5.91 Å². The first-order valence-electron chi connectivity index (χ1n) is 19.1. The number of hydrogen-bond donors (Lipinski definition) is 1. The molecule has 0 aromatic heterocycles. The molecule has 4 aliphatic rings. The molecule has 22 nitrogen and oxygen atoms in total. The first kappa shape index (κ1) is 45.2. The van der Waals surface area contributed by atoms with Gasteiger partial charge in [0.1, 0.15) is 24.9 Å². The third kappa shape index (κ3) is 10.1. The maximum absolute atomic E-state index is 13.0. The zero-order valence-corrected chi connectivity index (χ0v) is 33.6. The molecule has 4 fully saturated rings. The van der Waals surface area contributed by atoms with Gasteiger partial charge in [-0.05, 0) is 86.4 Å². The van der Waals surface area contributed by atoms with Crippen molar-refractivity contribution in [1.82, 2.24) is 5.32 Å². The zero-order valence-electron chi connectivity index (χ0n) is 32.8. The van der Waals surface area contributed by atoms with E-state index in [4.69, 9.17) is 19.4 Å². The fourth-order valence-corrected chi connectivity index (χ4v) is 12.2. The molecule has 1 amide bonds. The maximum Gasteiger partial charge on any atom is 0.295 e. The Morgan fingerprint density at radius 1 is 0.875 bits per heavy atom. The highest BCUT2D eigenvalue weighted by molar-refractivity contribution is 7.94. The summed E-state index contributed by atoms with van der Waals surface area (Å²) in [6, 6.07) is 0. The predicted molar refractivity (Wildman–Crippen MR) is 191 cm³/mol. The monoisotopic (exact) mass is 824 g/mol. The third-order valence-corrected chi connectivity index (χ3v) is 14.8. The van der Waals surface area contributed by atoms with Crippen molar-refractivity contribution in [3.05, 3.63) is 40.5 Å². The van der Waals surface area contributed by atoms with Gasteiger partial charge in [-0.3, -0.25) is 9.83 Å². The van der Waals surface area contributed by atoms with E-state index in [9.17, 15) is 50.5 Å². The fourth-order valence-electron chi connectivity index (χ4n) is 11.8. The van der Waals surface area contributed by atoms with Crippen molar-refractivity contribution in [3.8, 4) is 0 Å². The van der Waals surface area contributed by atoms with Crippen LogP contribution in [0.15, 0.2) is 0 Å². The highest BCUT2D eigenvalue weighted by atomic mass is 32.2. The Morgan fingerprint density at radius 3 is 2.12 bits per heavy atom. The summed E-state index contributed by atoms with van der Waals surface area (Å²) in [5.74, 6) is -1.10. The maximum atomic E-state index is 13.0. The average Bonchev–Trinajstić information content (AvgIpc) is 3.46. The lowest BCUT2D eigenvalue weighted by Gasteiger charge is -2.68. The predicted octanol–water partition coefficient (Wildman–Crippen LogP) is 3.43. The Hall–Kier alpha value is -3.54. The molecule has 0 aliphatic heterocycles. The molecule has 0 spiro atoms. The summed E-state index contributed by atoms with van der Waals surface area (Å²) >= 11 is 0.594. The number of hydrogen-bond acceptors (Lipinski definition) is 17. The van der Waals surface area contributed by atoms with E-state index in [1.165, 1.54) is 0 Å². The number of fused-ring (bicyclic) bond motifs is 5. The number of quaternary nitrogens is 1. The molecule has 12 atom stereocenters. The molecule has 0 radical (unpaired) electrons. The van der Waals surface area contributed by atoms with E-state index < -0.39 is 61.0 Å². The van der Waals surface area contributed by atoms with Gasteiger partial charge in [-0.15, -0.1) is 40.5 Å². The van der Waals surface area contributed by atoms with E-state index in [1.807, 2.05) is 34.9 Å². The smallest absolute Gasteiger partial charge is 0.295 e. The van der Waals surface area contributed by atoms with Gasteiger partial charge in [0.05, 0.1) is 26.4 Å². The van der Waals surface area contributed by atoms with Crippen LogP contribution in [-0.2, 0) is 33.5 Å². The van der Waals surface area contributed by atoms with Gasteiger partial charge in [-0.25, -0.2) is 0 Å². The van der Waals surface area contributed by atoms with E-state index >= 15 is 0 Å². The second kappa shape index (κ2) is 18.4. The second-order valence-corrected chi connectivity index (χ2v) is 18.2. The van der Waals surface area contributed by atoms with Crippen LogP contribution in [0.4, 0.5) is 0 Å². The molecule has 4 aliphatic carbocycles. The van der Waals surface area contributed by atoms with E-state index in [0.29, 0.717) is 81.0 Å². The third-order valence-electron chi connectivity index (χ3n) is 14.1. The summed E-state index contributed by atoms with van der Waals surface area (Å²) in [6.07, 6.45) is 1.20. The Morgan fingerprint density at radius 2 is 1.52 bits per heavy atom. The minimum Gasteiger partial charge on any atom is -0.691 e. The lowest BCUT2D eigenvalue weighted by atomic mass is 9.38. The molecule has 1 N–H and O–H groups in total. The molecular weight excluding hydrogens is 768 g/mol. The molecule has 320 valence electrons. The number of nitrogens with one attached hydrogen (secondary N) is 1. The molecule has 0 aromatic rings. The topological polar surface area (TPSA) is 280 Å². The average molecular weight is 825 g/mol. The van der Waals surface area contributed by atoms with Crippen LogP contribution >= 0.6 is 12.0 Å². The molecule has 4 rings (SSSR count). The van der Waals surface area contributed by atoms with E-state index in [-0.39, 0.29) is 60.6 Å². The van der Waals surface area contributed by atoms with Crippen molar-refractivity contribution in [2.75, 3.05) is 39.5 Å². The lowest BCUT2D eigenvalue weighted by Crippen LogP contribution is -2.68. The standard InChI is InChI=1S/C33H56N6O16S/c1-21(8-11-30(40)34-14-7-15-39(5,6)19-24(51-36(43)44)20-56-55-54-49)25-9-10-26-32(25,3)29(53-38(47)48)18-27-31(2)13-12-23(50-35(41)42)16-22(31)17-28(33(26,27)4)52-37(45)46/h21-29H,7-20H2,1-6H3,(H-,34,40,49)/t21-,22+,23-,24?,25-,26-,27-,28-,29+,31+,32-,33+/m1/s1. The molecule has 4 saturated carbocycles. The van der Waals surface area contributed by atoms with Gasteiger partial charge in [-0.1, -0.05) is 27.7 Å². The van der Waals surface area contributed by atoms with Gasteiger partial charge in [0.25, 0.3) is 20.3 Å². The number of carbonyl (C=O) groups excluding carboxylic acids is 1. The van der Waals surface area contributed by atoms with Crippen molar-refractivity contribution in [1.29, 1.82) is 0 Å². The van der Waals surface area contributed by atoms with E-state index in [0.717, 1.165) is 0 Å². The molecule has 0 aromatic carbocycles. The Balaban J connectivity index is 1.43. The van der Waals surface area contributed by atoms with Crippen LogP contribution in [0.1, 0.15) is 91.9 Å². The van der Waals surface area contributed by atoms with E-state index in [2.05, 4.69) is 21.6 Å². The molecule has 56 heavy (non-hydrogen) atoms. The van der Waals surface area contributed by atoms with Gasteiger partial charge < -0.3 is 34.4 Å². The Labute approximate surface area is 328 Å². The highest BCUT2D eigenvalue weighted by Gasteiger charge is 2.72. The first-order valence-corrected chi connectivity index (χ1v) is 20.0. The number of carbonyl (C=O) groups is 1. The van der Waals surface area contributed by atoms with Gasteiger partial charge in [0, 0.05) is 42.3 Å².